The lowest BCUT2D eigenvalue weighted by atomic mass is 10.1. The molecule has 5 rings (SSSR count). The molecule has 1 amide bonds. The van der Waals surface area contributed by atoms with Crippen LogP contribution >= 0.6 is 11.3 Å². The fourth-order valence-electron chi connectivity index (χ4n) is 4.52. The molecule has 0 bridgehead atoms. The van der Waals surface area contributed by atoms with E-state index in [4.69, 9.17) is 0 Å². The average molecular weight is 455 g/mol. The standard InChI is InChI=1S/C23H27FN6OS/c1-16-19-21(29-13-11-28(12-14-29)18-6-4-3-5-17(18)24)25-15-26-22(19)32-20(16)23(31)30-9-7-27(2)8-10-30/h3-6,15H,7-14H2,1-2H3. The molecule has 2 saturated heterocycles. The predicted molar refractivity (Wildman–Crippen MR) is 126 cm³/mol. The summed E-state index contributed by atoms with van der Waals surface area (Å²) in [5, 5.41) is 0.967. The second-order valence-electron chi connectivity index (χ2n) is 8.45. The Morgan fingerprint density at radius 1 is 0.969 bits per heavy atom. The Labute approximate surface area is 191 Å². The van der Waals surface area contributed by atoms with Gasteiger partial charge < -0.3 is 19.6 Å². The number of carbonyl (C=O) groups excluding carboxylic acids is 1. The molecule has 9 heteroatoms. The molecule has 32 heavy (non-hydrogen) atoms. The van der Waals surface area contributed by atoms with Crippen LogP contribution in [0.4, 0.5) is 15.9 Å². The van der Waals surface area contributed by atoms with E-state index in [9.17, 15) is 9.18 Å². The van der Waals surface area contributed by atoms with Crippen LogP contribution in [0.3, 0.4) is 0 Å². The zero-order valence-electron chi connectivity index (χ0n) is 18.4. The number of benzene rings is 1. The maximum Gasteiger partial charge on any atom is 0.264 e. The summed E-state index contributed by atoms with van der Waals surface area (Å²) >= 11 is 1.46. The van der Waals surface area contributed by atoms with E-state index in [1.807, 2.05) is 24.0 Å². The van der Waals surface area contributed by atoms with Crippen molar-refractivity contribution in [3.8, 4) is 0 Å². The van der Waals surface area contributed by atoms with E-state index in [0.29, 0.717) is 18.8 Å². The summed E-state index contributed by atoms with van der Waals surface area (Å²) in [6.07, 6.45) is 1.58. The first-order valence-corrected chi connectivity index (χ1v) is 11.8. The molecule has 4 heterocycles. The van der Waals surface area contributed by atoms with Gasteiger partial charge in [-0.1, -0.05) is 12.1 Å². The summed E-state index contributed by atoms with van der Waals surface area (Å²) in [5.74, 6) is 0.773. The second-order valence-corrected chi connectivity index (χ2v) is 9.45. The number of carbonyl (C=O) groups is 1. The highest BCUT2D eigenvalue weighted by Gasteiger charge is 2.28. The van der Waals surface area contributed by atoms with Gasteiger partial charge in [0, 0.05) is 52.4 Å². The van der Waals surface area contributed by atoms with Gasteiger partial charge in [-0.25, -0.2) is 14.4 Å². The smallest absolute Gasteiger partial charge is 0.264 e. The van der Waals surface area contributed by atoms with Crippen LogP contribution in [-0.2, 0) is 0 Å². The van der Waals surface area contributed by atoms with Crippen molar-refractivity contribution in [1.29, 1.82) is 0 Å². The van der Waals surface area contributed by atoms with E-state index in [0.717, 1.165) is 65.7 Å². The van der Waals surface area contributed by atoms with Crippen molar-refractivity contribution in [3.63, 3.8) is 0 Å². The zero-order valence-corrected chi connectivity index (χ0v) is 19.2. The first kappa shape index (κ1) is 21.1. The monoisotopic (exact) mass is 454 g/mol. The third kappa shape index (κ3) is 3.80. The number of halogens is 1. The lowest BCUT2D eigenvalue weighted by Gasteiger charge is -2.37. The van der Waals surface area contributed by atoms with Crippen LogP contribution in [0.15, 0.2) is 30.6 Å². The number of para-hydroxylation sites is 1. The third-order valence-electron chi connectivity index (χ3n) is 6.46. The normalized spacial score (nSPS) is 17.9. The molecule has 0 saturated carbocycles. The number of fused-ring (bicyclic) bond motifs is 1. The molecular formula is C23H27FN6OS. The van der Waals surface area contributed by atoms with Gasteiger partial charge in [0.2, 0.25) is 0 Å². The summed E-state index contributed by atoms with van der Waals surface area (Å²) in [5.41, 5.74) is 1.60. The minimum atomic E-state index is -0.189. The number of thiophene rings is 1. The number of anilines is 2. The summed E-state index contributed by atoms with van der Waals surface area (Å²) in [7, 11) is 2.08. The number of aryl methyl sites for hydroxylation is 1. The topological polar surface area (TPSA) is 55.8 Å². The van der Waals surface area contributed by atoms with Crippen LogP contribution in [-0.4, -0.2) is 85.1 Å². The van der Waals surface area contributed by atoms with Gasteiger partial charge in [0.1, 0.15) is 22.8 Å². The number of aromatic nitrogens is 2. The van der Waals surface area contributed by atoms with E-state index in [2.05, 4.69) is 31.7 Å². The number of rotatable bonds is 3. The zero-order chi connectivity index (χ0) is 22.2. The summed E-state index contributed by atoms with van der Waals surface area (Å²) in [4.78, 5) is 32.4. The van der Waals surface area contributed by atoms with E-state index in [1.54, 1.807) is 12.4 Å². The van der Waals surface area contributed by atoms with Gasteiger partial charge in [-0.05, 0) is 31.7 Å². The number of piperazine rings is 2. The maximum absolute atomic E-state index is 14.2. The molecule has 0 unspecified atom stereocenters. The van der Waals surface area contributed by atoms with Crippen LogP contribution in [0.1, 0.15) is 15.2 Å². The Morgan fingerprint density at radius 3 is 2.38 bits per heavy atom. The van der Waals surface area contributed by atoms with Crippen molar-refractivity contribution in [2.75, 3.05) is 69.2 Å². The van der Waals surface area contributed by atoms with Gasteiger partial charge in [0.15, 0.2) is 0 Å². The van der Waals surface area contributed by atoms with Crippen LogP contribution in [0, 0.1) is 12.7 Å². The van der Waals surface area contributed by atoms with Gasteiger partial charge >= 0.3 is 0 Å². The Kier molecular flexibility index (Phi) is 5.69. The molecule has 2 fully saturated rings. The number of hydrogen-bond acceptors (Lipinski definition) is 7. The molecule has 2 aliphatic heterocycles. The highest BCUT2D eigenvalue weighted by molar-refractivity contribution is 7.20. The fourth-order valence-corrected chi connectivity index (χ4v) is 5.63. The first-order valence-electron chi connectivity index (χ1n) is 11.0. The molecule has 0 atom stereocenters. The molecule has 168 valence electrons. The first-order chi connectivity index (χ1) is 15.5. The number of amides is 1. The van der Waals surface area contributed by atoms with E-state index < -0.39 is 0 Å². The highest BCUT2D eigenvalue weighted by Crippen LogP contribution is 2.36. The minimum Gasteiger partial charge on any atom is -0.366 e. The molecule has 0 radical (unpaired) electrons. The number of nitrogens with zero attached hydrogens (tertiary/aromatic N) is 6. The molecule has 0 aliphatic carbocycles. The number of hydrogen-bond donors (Lipinski definition) is 0. The van der Waals surface area contributed by atoms with Crippen molar-refractivity contribution in [2.24, 2.45) is 0 Å². The minimum absolute atomic E-state index is 0.0916. The van der Waals surface area contributed by atoms with Crippen molar-refractivity contribution in [2.45, 2.75) is 6.92 Å². The van der Waals surface area contributed by atoms with Crippen molar-refractivity contribution in [3.05, 3.63) is 46.9 Å². The van der Waals surface area contributed by atoms with Gasteiger partial charge in [0.05, 0.1) is 16.0 Å². The predicted octanol–water partition coefficient (Wildman–Crippen LogP) is 2.85. The Hall–Kier alpha value is -2.78. The van der Waals surface area contributed by atoms with Crippen molar-refractivity contribution < 1.29 is 9.18 Å². The molecule has 2 aromatic heterocycles. The molecule has 0 spiro atoms. The van der Waals surface area contributed by atoms with Gasteiger partial charge in [-0.3, -0.25) is 4.79 Å². The van der Waals surface area contributed by atoms with Crippen LogP contribution in [0.2, 0.25) is 0 Å². The quantitative estimate of drug-likeness (QED) is 0.607. The lowest BCUT2D eigenvalue weighted by molar-refractivity contribution is 0.0668. The second kappa shape index (κ2) is 8.63. The van der Waals surface area contributed by atoms with Gasteiger partial charge in [-0.15, -0.1) is 11.3 Å². The summed E-state index contributed by atoms with van der Waals surface area (Å²) < 4.78 is 14.2. The van der Waals surface area contributed by atoms with Gasteiger partial charge in [0.25, 0.3) is 5.91 Å². The van der Waals surface area contributed by atoms with E-state index >= 15 is 0 Å². The summed E-state index contributed by atoms with van der Waals surface area (Å²) in [6.45, 7) is 8.18. The molecule has 0 N–H and O–H groups in total. The highest BCUT2D eigenvalue weighted by atomic mass is 32.1. The van der Waals surface area contributed by atoms with E-state index in [-0.39, 0.29) is 11.7 Å². The molecule has 3 aromatic rings. The fraction of sp³-hybridized carbons (Fsp3) is 0.435. The third-order valence-corrected chi connectivity index (χ3v) is 7.65. The van der Waals surface area contributed by atoms with Crippen LogP contribution < -0.4 is 9.80 Å². The van der Waals surface area contributed by atoms with Crippen LogP contribution in [0.25, 0.3) is 10.2 Å². The molecule has 2 aliphatic rings. The lowest BCUT2D eigenvalue weighted by Crippen LogP contribution is -2.47. The van der Waals surface area contributed by atoms with Crippen molar-refractivity contribution in [1.82, 2.24) is 19.8 Å². The molecule has 1 aromatic carbocycles. The molecular weight excluding hydrogens is 427 g/mol. The largest absolute Gasteiger partial charge is 0.366 e. The summed E-state index contributed by atoms with van der Waals surface area (Å²) in [6, 6.07) is 6.91. The van der Waals surface area contributed by atoms with Gasteiger partial charge in [-0.2, -0.15) is 0 Å². The average Bonchev–Trinajstić information content (AvgIpc) is 3.16. The SMILES string of the molecule is Cc1c(C(=O)N2CCN(C)CC2)sc2ncnc(N3CCN(c4ccccc4F)CC3)c12. The Balaban J connectivity index is 1.39. The maximum atomic E-state index is 14.2. The Morgan fingerprint density at radius 2 is 1.66 bits per heavy atom. The number of likely N-dealkylation sites (N-methyl/N-ethyl adjacent to an activating group) is 1. The van der Waals surface area contributed by atoms with Crippen molar-refractivity contribution >= 4 is 39.0 Å². The van der Waals surface area contributed by atoms with E-state index in [1.165, 1.54) is 17.4 Å². The van der Waals surface area contributed by atoms with Crippen LogP contribution in [0.5, 0.6) is 0 Å². The Bertz CT molecular complexity index is 1130. The molecule has 7 nitrogen and oxygen atoms in total.